The average molecular weight is 584 g/mol. The molecule has 1 aliphatic heterocycles. The van der Waals surface area contributed by atoms with Crippen molar-refractivity contribution < 1.29 is 26.5 Å². The second kappa shape index (κ2) is 17.8. The summed E-state index contributed by atoms with van der Waals surface area (Å²) < 4.78 is 14.0. The van der Waals surface area contributed by atoms with Gasteiger partial charge in [0.25, 0.3) is 0 Å². The molecule has 2 aromatic rings. The van der Waals surface area contributed by atoms with Crippen LogP contribution in [0.4, 0.5) is 5.69 Å². The SMILES string of the molecule is CCCCCCCCCCCCCCCC1=[N+](c2ccc(C(C)(C)C)cc2)C(C)Cc2cc(OC)c(OC)cc21.[Cl-]. The Kier molecular flexibility index (Phi) is 15.3. The van der Waals surface area contributed by atoms with Crippen LogP contribution in [-0.2, 0) is 11.8 Å². The molecule has 3 rings (SSSR count). The van der Waals surface area contributed by atoms with Gasteiger partial charge in [-0.05, 0) is 42.0 Å². The van der Waals surface area contributed by atoms with Crippen molar-refractivity contribution >= 4 is 11.4 Å². The van der Waals surface area contributed by atoms with Crippen molar-refractivity contribution in [2.75, 3.05) is 14.2 Å². The first-order valence-electron chi connectivity index (χ1n) is 16.3. The number of rotatable bonds is 17. The molecule has 0 spiro atoms. The largest absolute Gasteiger partial charge is 1.00 e. The molecule has 0 aliphatic carbocycles. The Morgan fingerprint density at radius 1 is 0.732 bits per heavy atom. The van der Waals surface area contributed by atoms with E-state index in [9.17, 15) is 0 Å². The van der Waals surface area contributed by atoms with Crippen LogP contribution in [0, 0.1) is 0 Å². The number of halogens is 1. The third kappa shape index (κ3) is 10.3. The van der Waals surface area contributed by atoms with Crippen LogP contribution < -0.4 is 21.9 Å². The van der Waals surface area contributed by atoms with Crippen molar-refractivity contribution in [3.05, 3.63) is 53.1 Å². The highest BCUT2D eigenvalue weighted by molar-refractivity contribution is 6.00. The van der Waals surface area contributed by atoms with Gasteiger partial charge in [0.1, 0.15) is 0 Å². The lowest BCUT2D eigenvalue weighted by atomic mass is 9.86. The summed E-state index contributed by atoms with van der Waals surface area (Å²) in [6.07, 6.45) is 20.1. The molecule has 1 heterocycles. The minimum Gasteiger partial charge on any atom is -1.00 e. The molecule has 0 fully saturated rings. The van der Waals surface area contributed by atoms with Crippen LogP contribution in [0.2, 0.25) is 0 Å². The number of hydrogen-bond donors (Lipinski definition) is 0. The second-order valence-corrected chi connectivity index (χ2v) is 13.0. The molecule has 0 aromatic heterocycles. The van der Waals surface area contributed by atoms with Crippen molar-refractivity contribution in [1.29, 1.82) is 0 Å². The minimum atomic E-state index is 0. The molecular weight excluding hydrogens is 526 g/mol. The van der Waals surface area contributed by atoms with Gasteiger partial charge in [-0.1, -0.05) is 117 Å². The molecule has 1 aliphatic rings. The number of fused-ring (bicyclic) bond motifs is 1. The zero-order valence-electron chi connectivity index (χ0n) is 27.3. The van der Waals surface area contributed by atoms with Crippen molar-refractivity contribution in [2.24, 2.45) is 0 Å². The first-order valence-corrected chi connectivity index (χ1v) is 16.3. The number of ether oxygens (including phenoxy) is 2. The van der Waals surface area contributed by atoms with Gasteiger partial charge in [-0.3, -0.25) is 0 Å². The predicted molar refractivity (Wildman–Crippen MR) is 172 cm³/mol. The first-order chi connectivity index (χ1) is 19.3. The Balaban J connectivity index is 0.00000588. The van der Waals surface area contributed by atoms with Gasteiger partial charge < -0.3 is 21.9 Å². The smallest absolute Gasteiger partial charge is 0.205 e. The number of methoxy groups -OCH3 is 2. The Hall–Kier alpha value is -2.00. The highest BCUT2D eigenvalue weighted by Crippen LogP contribution is 2.36. The number of benzene rings is 2. The van der Waals surface area contributed by atoms with Crippen molar-refractivity contribution in [2.45, 2.75) is 142 Å². The van der Waals surface area contributed by atoms with E-state index >= 15 is 0 Å². The van der Waals surface area contributed by atoms with Crippen LogP contribution in [0.3, 0.4) is 0 Å². The predicted octanol–water partition coefficient (Wildman–Crippen LogP) is 7.56. The summed E-state index contributed by atoms with van der Waals surface area (Å²) in [7, 11) is 3.47. The lowest BCUT2D eigenvalue weighted by Crippen LogP contribution is -3.00. The van der Waals surface area contributed by atoms with E-state index in [0.29, 0.717) is 6.04 Å². The molecule has 0 saturated heterocycles. The quantitative estimate of drug-likeness (QED) is 0.141. The van der Waals surface area contributed by atoms with Crippen LogP contribution >= 0.6 is 0 Å². The normalized spacial score (nSPS) is 15.0. The van der Waals surface area contributed by atoms with E-state index in [2.05, 4.69) is 75.6 Å². The summed E-state index contributed by atoms with van der Waals surface area (Å²) in [6, 6.07) is 14.1. The fraction of sp³-hybridized carbons (Fsp3) is 0.649. The Labute approximate surface area is 258 Å². The van der Waals surface area contributed by atoms with Gasteiger partial charge in [0.15, 0.2) is 23.3 Å². The molecule has 41 heavy (non-hydrogen) atoms. The van der Waals surface area contributed by atoms with Crippen molar-refractivity contribution in [1.82, 2.24) is 0 Å². The van der Waals surface area contributed by atoms with E-state index in [4.69, 9.17) is 9.47 Å². The maximum atomic E-state index is 5.74. The van der Waals surface area contributed by atoms with E-state index in [1.165, 1.54) is 112 Å². The van der Waals surface area contributed by atoms with Gasteiger partial charge in [-0.25, -0.2) is 0 Å². The van der Waals surface area contributed by atoms with Crippen LogP contribution in [0.5, 0.6) is 11.5 Å². The molecule has 1 unspecified atom stereocenters. The first kappa shape index (κ1) is 35.2. The molecule has 230 valence electrons. The average Bonchev–Trinajstić information content (AvgIpc) is 2.94. The minimum absolute atomic E-state index is 0. The standard InChI is InChI=1S/C37H58NO2.ClH/c1-8-9-10-11-12-13-14-15-16-17-18-19-20-21-34-33-28-36(40-7)35(39-6)27-30(33)26-29(2)38(34)32-24-22-31(23-25-32)37(3,4)5;/h22-25,27-29H,8-21,26H2,1-7H3;1H/q+1;/p-1. The summed E-state index contributed by atoms with van der Waals surface area (Å²) >= 11 is 0. The highest BCUT2D eigenvalue weighted by atomic mass is 35.5. The number of hydrogen-bond acceptors (Lipinski definition) is 2. The molecule has 0 saturated carbocycles. The molecule has 4 heteroatoms. The fourth-order valence-electron chi connectivity index (χ4n) is 6.26. The Morgan fingerprint density at radius 2 is 1.22 bits per heavy atom. The molecule has 1 atom stereocenters. The van der Waals surface area contributed by atoms with Gasteiger partial charge in [-0.15, -0.1) is 0 Å². The fourth-order valence-corrected chi connectivity index (χ4v) is 6.26. The van der Waals surface area contributed by atoms with E-state index in [1.54, 1.807) is 14.2 Å². The third-order valence-corrected chi connectivity index (χ3v) is 8.70. The lowest BCUT2D eigenvalue weighted by molar-refractivity contribution is -0.483. The monoisotopic (exact) mass is 583 g/mol. The zero-order valence-corrected chi connectivity index (χ0v) is 28.0. The Morgan fingerprint density at radius 3 is 1.71 bits per heavy atom. The highest BCUT2D eigenvalue weighted by Gasteiger charge is 2.34. The molecule has 3 nitrogen and oxygen atoms in total. The van der Waals surface area contributed by atoms with Crippen LogP contribution in [0.1, 0.15) is 141 Å². The summed E-state index contributed by atoms with van der Waals surface area (Å²) in [5, 5.41) is 0. The van der Waals surface area contributed by atoms with Crippen LogP contribution in [-0.4, -0.2) is 30.5 Å². The van der Waals surface area contributed by atoms with Crippen molar-refractivity contribution in [3.8, 4) is 11.5 Å². The van der Waals surface area contributed by atoms with Gasteiger partial charge in [0, 0.05) is 30.5 Å². The van der Waals surface area contributed by atoms with Gasteiger partial charge in [-0.2, -0.15) is 4.58 Å². The molecule has 0 amide bonds. The third-order valence-electron chi connectivity index (χ3n) is 8.70. The Bertz CT molecular complexity index is 1070. The molecule has 0 N–H and O–H groups in total. The maximum Gasteiger partial charge on any atom is 0.205 e. The van der Waals surface area contributed by atoms with Gasteiger partial charge in [0.2, 0.25) is 5.69 Å². The molecule has 0 bridgehead atoms. The molecule has 0 radical (unpaired) electrons. The van der Waals surface area contributed by atoms with E-state index in [0.717, 1.165) is 24.3 Å². The summed E-state index contributed by atoms with van der Waals surface area (Å²) in [5.41, 5.74) is 6.97. The van der Waals surface area contributed by atoms with Crippen LogP contribution in [0.15, 0.2) is 36.4 Å². The summed E-state index contributed by atoms with van der Waals surface area (Å²) in [6.45, 7) is 11.5. The van der Waals surface area contributed by atoms with Crippen molar-refractivity contribution in [3.63, 3.8) is 0 Å². The second-order valence-electron chi connectivity index (χ2n) is 13.0. The zero-order chi connectivity index (χ0) is 29.0. The molecule has 2 aromatic carbocycles. The number of nitrogens with zero attached hydrogens (tertiary/aromatic N) is 1. The number of unbranched alkanes of at least 4 members (excludes halogenated alkanes) is 12. The topological polar surface area (TPSA) is 21.5 Å². The van der Waals surface area contributed by atoms with E-state index in [1.807, 2.05) is 0 Å². The van der Waals surface area contributed by atoms with Gasteiger partial charge >= 0.3 is 0 Å². The van der Waals surface area contributed by atoms with Gasteiger partial charge in [0.05, 0.1) is 14.2 Å². The van der Waals surface area contributed by atoms with E-state index in [-0.39, 0.29) is 17.8 Å². The van der Waals surface area contributed by atoms with E-state index < -0.39 is 0 Å². The lowest BCUT2D eigenvalue weighted by Gasteiger charge is -2.25. The van der Waals surface area contributed by atoms with Crippen LogP contribution in [0.25, 0.3) is 0 Å². The summed E-state index contributed by atoms with van der Waals surface area (Å²) in [4.78, 5) is 0. The molecular formula is C37H58ClNO2. The maximum absolute atomic E-state index is 5.74. The summed E-state index contributed by atoms with van der Waals surface area (Å²) in [5.74, 6) is 1.65.